The standard InChI is InChI=1S/C17H28N2O2/c1-14(2)16(13-20)19(18)17(21)12-8-4-7-11-15-9-5-3-6-10-15/h3,5-6,9-10,14,16,20H,4,7-8,11-13,18H2,1-2H3/t16-/m1/s1. The second kappa shape index (κ2) is 9.53. The van der Waals surface area contributed by atoms with Crippen molar-refractivity contribution in [2.75, 3.05) is 6.61 Å². The number of carbonyl (C=O) groups excluding carboxylic acids is 1. The normalized spacial score (nSPS) is 12.4. The van der Waals surface area contributed by atoms with E-state index in [9.17, 15) is 9.90 Å². The molecule has 0 aromatic heterocycles. The first-order valence-corrected chi connectivity index (χ1v) is 7.77. The molecule has 1 atom stereocenters. The van der Waals surface area contributed by atoms with Gasteiger partial charge in [-0.2, -0.15) is 0 Å². The van der Waals surface area contributed by atoms with Crippen molar-refractivity contribution < 1.29 is 9.90 Å². The summed E-state index contributed by atoms with van der Waals surface area (Å²) in [6, 6.07) is 10.1. The molecule has 0 saturated heterocycles. The van der Waals surface area contributed by atoms with Gasteiger partial charge in [0.2, 0.25) is 5.91 Å². The van der Waals surface area contributed by atoms with Crippen molar-refractivity contribution in [2.45, 2.75) is 52.0 Å². The Morgan fingerprint density at radius 1 is 1.19 bits per heavy atom. The molecule has 1 aromatic rings. The highest BCUT2D eigenvalue weighted by Crippen LogP contribution is 2.11. The van der Waals surface area contributed by atoms with Gasteiger partial charge in [0.05, 0.1) is 12.6 Å². The van der Waals surface area contributed by atoms with Crippen molar-refractivity contribution in [3.8, 4) is 0 Å². The number of amides is 1. The number of hydrogen-bond acceptors (Lipinski definition) is 3. The Morgan fingerprint density at radius 3 is 2.43 bits per heavy atom. The van der Waals surface area contributed by atoms with Crippen LogP contribution in [0.15, 0.2) is 30.3 Å². The van der Waals surface area contributed by atoms with Gasteiger partial charge in [-0.05, 0) is 30.7 Å². The summed E-state index contributed by atoms with van der Waals surface area (Å²) < 4.78 is 0. The molecule has 0 bridgehead atoms. The van der Waals surface area contributed by atoms with Gasteiger partial charge in [0, 0.05) is 6.42 Å². The van der Waals surface area contributed by atoms with E-state index in [2.05, 4.69) is 12.1 Å². The number of benzene rings is 1. The smallest absolute Gasteiger partial charge is 0.236 e. The molecule has 0 spiro atoms. The summed E-state index contributed by atoms with van der Waals surface area (Å²) in [5.41, 5.74) is 1.34. The van der Waals surface area contributed by atoms with Gasteiger partial charge in [-0.25, -0.2) is 5.84 Å². The molecule has 0 radical (unpaired) electrons. The number of aliphatic hydroxyl groups is 1. The fourth-order valence-electron chi connectivity index (χ4n) is 2.36. The molecule has 118 valence electrons. The summed E-state index contributed by atoms with van der Waals surface area (Å²) in [6.07, 6.45) is 4.44. The van der Waals surface area contributed by atoms with Gasteiger partial charge < -0.3 is 5.11 Å². The van der Waals surface area contributed by atoms with Gasteiger partial charge in [-0.3, -0.25) is 9.80 Å². The second-order valence-electron chi connectivity index (χ2n) is 5.84. The summed E-state index contributed by atoms with van der Waals surface area (Å²) in [4.78, 5) is 12.0. The first kappa shape index (κ1) is 17.7. The fraction of sp³-hybridized carbons (Fsp3) is 0.588. The van der Waals surface area contributed by atoms with Gasteiger partial charge in [-0.15, -0.1) is 0 Å². The quantitative estimate of drug-likeness (QED) is 0.318. The molecule has 0 unspecified atom stereocenters. The summed E-state index contributed by atoms with van der Waals surface area (Å²) in [5.74, 6) is 5.88. The van der Waals surface area contributed by atoms with Crippen molar-refractivity contribution in [1.82, 2.24) is 5.01 Å². The zero-order valence-corrected chi connectivity index (χ0v) is 13.2. The van der Waals surface area contributed by atoms with E-state index in [4.69, 9.17) is 5.84 Å². The van der Waals surface area contributed by atoms with Gasteiger partial charge in [-0.1, -0.05) is 50.6 Å². The van der Waals surface area contributed by atoms with E-state index >= 15 is 0 Å². The molecule has 3 N–H and O–H groups in total. The van der Waals surface area contributed by atoms with E-state index in [-0.39, 0.29) is 24.5 Å². The highest BCUT2D eigenvalue weighted by atomic mass is 16.3. The first-order chi connectivity index (χ1) is 10.1. The molecule has 0 aliphatic heterocycles. The summed E-state index contributed by atoms with van der Waals surface area (Å²) in [6.45, 7) is 3.82. The maximum absolute atomic E-state index is 12.0. The molecule has 0 heterocycles. The largest absolute Gasteiger partial charge is 0.394 e. The predicted molar refractivity (Wildman–Crippen MR) is 85.4 cm³/mol. The van der Waals surface area contributed by atoms with E-state index < -0.39 is 0 Å². The molecule has 4 nitrogen and oxygen atoms in total. The lowest BCUT2D eigenvalue weighted by Crippen LogP contribution is -2.49. The zero-order valence-electron chi connectivity index (χ0n) is 13.2. The lowest BCUT2D eigenvalue weighted by molar-refractivity contribution is -0.136. The molecule has 1 rings (SSSR count). The average Bonchev–Trinajstić information content (AvgIpc) is 2.48. The molecule has 4 heteroatoms. The SMILES string of the molecule is CC(C)[C@@H](CO)N(N)C(=O)CCCCCc1ccccc1. The van der Waals surface area contributed by atoms with Crippen LogP contribution < -0.4 is 5.84 Å². The van der Waals surface area contributed by atoms with E-state index in [1.165, 1.54) is 10.6 Å². The Hall–Kier alpha value is -1.39. The predicted octanol–water partition coefficient (Wildman–Crippen LogP) is 2.51. The number of nitrogens with two attached hydrogens (primary N) is 1. The molecule has 0 aliphatic rings. The highest BCUT2D eigenvalue weighted by Gasteiger charge is 2.22. The Morgan fingerprint density at radius 2 is 1.86 bits per heavy atom. The van der Waals surface area contributed by atoms with Crippen LogP contribution in [-0.2, 0) is 11.2 Å². The van der Waals surface area contributed by atoms with Crippen molar-refractivity contribution in [3.63, 3.8) is 0 Å². The monoisotopic (exact) mass is 292 g/mol. The van der Waals surface area contributed by atoms with E-state index in [0.717, 1.165) is 25.7 Å². The molecule has 1 aromatic carbocycles. The minimum Gasteiger partial charge on any atom is -0.394 e. The summed E-state index contributed by atoms with van der Waals surface area (Å²) in [7, 11) is 0. The third kappa shape index (κ3) is 6.27. The van der Waals surface area contributed by atoms with Crippen molar-refractivity contribution in [3.05, 3.63) is 35.9 Å². The van der Waals surface area contributed by atoms with Crippen LogP contribution >= 0.6 is 0 Å². The zero-order chi connectivity index (χ0) is 15.7. The molecule has 0 aliphatic carbocycles. The molecule has 1 amide bonds. The van der Waals surface area contributed by atoms with Crippen molar-refractivity contribution in [1.29, 1.82) is 0 Å². The third-order valence-corrected chi connectivity index (χ3v) is 3.80. The van der Waals surface area contributed by atoms with Crippen LogP contribution in [0.1, 0.15) is 45.1 Å². The second-order valence-corrected chi connectivity index (χ2v) is 5.84. The topological polar surface area (TPSA) is 66.6 Å². The summed E-state index contributed by atoms with van der Waals surface area (Å²) >= 11 is 0. The van der Waals surface area contributed by atoms with Crippen LogP contribution in [0.3, 0.4) is 0 Å². The van der Waals surface area contributed by atoms with E-state index in [1.807, 2.05) is 32.0 Å². The van der Waals surface area contributed by atoms with Gasteiger partial charge in [0.15, 0.2) is 0 Å². The van der Waals surface area contributed by atoms with Crippen LogP contribution in [0.2, 0.25) is 0 Å². The van der Waals surface area contributed by atoms with Crippen molar-refractivity contribution in [2.24, 2.45) is 11.8 Å². The van der Waals surface area contributed by atoms with Crippen LogP contribution in [0, 0.1) is 5.92 Å². The van der Waals surface area contributed by atoms with E-state index in [1.54, 1.807) is 0 Å². The van der Waals surface area contributed by atoms with E-state index in [0.29, 0.717) is 6.42 Å². The average molecular weight is 292 g/mol. The number of aryl methyl sites for hydroxylation is 1. The number of hydrazine groups is 1. The third-order valence-electron chi connectivity index (χ3n) is 3.80. The molecular weight excluding hydrogens is 264 g/mol. The van der Waals surface area contributed by atoms with Crippen LogP contribution in [-0.4, -0.2) is 28.7 Å². The number of rotatable bonds is 9. The van der Waals surface area contributed by atoms with Crippen LogP contribution in [0.4, 0.5) is 0 Å². The Bertz CT molecular complexity index is 407. The van der Waals surface area contributed by atoms with Crippen LogP contribution in [0.25, 0.3) is 0 Å². The molecule has 0 fully saturated rings. The van der Waals surface area contributed by atoms with Crippen LogP contribution in [0.5, 0.6) is 0 Å². The number of unbranched alkanes of at least 4 members (excludes halogenated alkanes) is 2. The molecule has 21 heavy (non-hydrogen) atoms. The Kier molecular flexibility index (Phi) is 8.01. The minimum absolute atomic E-state index is 0.0811. The molecule has 0 saturated carbocycles. The first-order valence-electron chi connectivity index (χ1n) is 7.77. The highest BCUT2D eigenvalue weighted by molar-refractivity contribution is 5.75. The lowest BCUT2D eigenvalue weighted by Gasteiger charge is -2.28. The minimum atomic E-state index is -0.290. The van der Waals surface area contributed by atoms with Gasteiger partial charge in [0.25, 0.3) is 0 Å². The number of nitrogens with zero attached hydrogens (tertiary/aromatic N) is 1. The number of hydrogen-bond donors (Lipinski definition) is 2. The molecular formula is C17H28N2O2. The maximum atomic E-state index is 12.0. The lowest BCUT2D eigenvalue weighted by atomic mass is 10.0. The van der Waals surface area contributed by atoms with Crippen molar-refractivity contribution >= 4 is 5.91 Å². The van der Waals surface area contributed by atoms with Gasteiger partial charge in [0.1, 0.15) is 0 Å². The fourth-order valence-corrected chi connectivity index (χ4v) is 2.36. The summed E-state index contributed by atoms with van der Waals surface area (Å²) in [5, 5.41) is 10.5. The maximum Gasteiger partial charge on any atom is 0.236 e. The van der Waals surface area contributed by atoms with Gasteiger partial charge >= 0.3 is 0 Å². The Balaban J connectivity index is 2.21. The Labute approximate surface area is 127 Å². The number of aliphatic hydroxyl groups excluding tert-OH is 1. The number of carbonyl (C=O) groups is 1.